The Morgan fingerprint density at radius 1 is 1.50 bits per heavy atom. The van der Waals surface area contributed by atoms with Crippen LogP contribution in [0.3, 0.4) is 0 Å². The molecule has 7 nitrogen and oxygen atoms in total. The van der Waals surface area contributed by atoms with Gasteiger partial charge in [-0.2, -0.15) is 4.98 Å². The largest absolute Gasteiger partial charge is 0.448 e. The second kappa shape index (κ2) is 5.15. The molecule has 1 saturated heterocycles. The van der Waals surface area contributed by atoms with Crippen molar-refractivity contribution in [2.75, 3.05) is 6.54 Å². The summed E-state index contributed by atoms with van der Waals surface area (Å²) in [5, 5.41) is 3.69. The number of nitrogens with zero attached hydrogens (tertiary/aromatic N) is 4. The van der Waals surface area contributed by atoms with E-state index in [1.54, 1.807) is 6.92 Å². The number of oxazole rings is 1. The summed E-state index contributed by atoms with van der Waals surface area (Å²) in [4.78, 5) is 21.3. The minimum Gasteiger partial charge on any atom is -0.448 e. The first-order chi connectivity index (χ1) is 10.4. The molecule has 2 aromatic rings. The van der Waals surface area contributed by atoms with Crippen molar-refractivity contribution in [3.8, 4) is 0 Å². The molecule has 9 heteroatoms. The monoisotopic (exact) mass is 312 g/mol. The quantitative estimate of drug-likeness (QED) is 0.863. The summed E-state index contributed by atoms with van der Waals surface area (Å²) >= 11 is 0. The SMILES string of the molecule is CCc1noc([C@@H]2CC(F)(F)CN2C(=O)c2coc(C)n2)n1. The van der Waals surface area contributed by atoms with Gasteiger partial charge in [0.15, 0.2) is 17.4 Å². The Labute approximate surface area is 124 Å². The van der Waals surface area contributed by atoms with Gasteiger partial charge in [-0.1, -0.05) is 12.1 Å². The molecule has 0 radical (unpaired) electrons. The lowest BCUT2D eigenvalue weighted by Crippen LogP contribution is -2.33. The number of carbonyl (C=O) groups is 1. The van der Waals surface area contributed by atoms with Crippen LogP contribution < -0.4 is 0 Å². The van der Waals surface area contributed by atoms with E-state index in [4.69, 9.17) is 8.94 Å². The average Bonchev–Trinajstić information content (AvgIpc) is 3.15. The number of halogens is 2. The van der Waals surface area contributed by atoms with Gasteiger partial charge in [-0.25, -0.2) is 13.8 Å². The van der Waals surface area contributed by atoms with Gasteiger partial charge in [-0.15, -0.1) is 0 Å². The molecule has 0 unspecified atom stereocenters. The zero-order valence-corrected chi connectivity index (χ0v) is 12.0. The first-order valence-electron chi connectivity index (χ1n) is 6.83. The Kier molecular flexibility index (Phi) is 3.42. The predicted octanol–water partition coefficient (Wildman–Crippen LogP) is 2.15. The molecule has 0 N–H and O–H groups in total. The topological polar surface area (TPSA) is 85.3 Å². The first-order valence-corrected chi connectivity index (χ1v) is 6.83. The van der Waals surface area contributed by atoms with E-state index < -0.39 is 30.8 Å². The van der Waals surface area contributed by atoms with E-state index in [1.165, 1.54) is 0 Å². The smallest absolute Gasteiger partial charge is 0.276 e. The van der Waals surface area contributed by atoms with Gasteiger partial charge in [0, 0.05) is 19.8 Å². The highest BCUT2D eigenvalue weighted by Crippen LogP contribution is 2.41. The third kappa shape index (κ3) is 2.58. The second-order valence-corrected chi connectivity index (χ2v) is 5.16. The molecule has 1 atom stereocenters. The van der Waals surface area contributed by atoms with Gasteiger partial charge in [-0.3, -0.25) is 4.79 Å². The number of rotatable bonds is 3. The highest BCUT2D eigenvalue weighted by molar-refractivity contribution is 5.92. The van der Waals surface area contributed by atoms with E-state index in [9.17, 15) is 13.6 Å². The molecular formula is C13H14F2N4O3. The maximum absolute atomic E-state index is 13.8. The number of hydrogen-bond acceptors (Lipinski definition) is 6. The molecule has 0 spiro atoms. The molecule has 0 aromatic carbocycles. The van der Waals surface area contributed by atoms with Gasteiger partial charge >= 0.3 is 0 Å². The zero-order chi connectivity index (χ0) is 15.9. The summed E-state index contributed by atoms with van der Waals surface area (Å²) in [6.45, 7) is 2.67. The Morgan fingerprint density at radius 3 is 2.86 bits per heavy atom. The molecule has 1 aliphatic heterocycles. The van der Waals surface area contributed by atoms with Crippen LogP contribution in [0, 0.1) is 6.92 Å². The summed E-state index contributed by atoms with van der Waals surface area (Å²) in [6, 6.07) is -0.965. The van der Waals surface area contributed by atoms with E-state index in [0.29, 0.717) is 12.2 Å². The number of likely N-dealkylation sites (tertiary alicyclic amines) is 1. The predicted molar refractivity (Wildman–Crippen MR) is 68.3 cm³/mol. The van der Waals surface area contributed by atoms with Gasteiger partial charge < -0.3 is 13.8 Å². The maximum Gasteiger partial charge on any atom is 0.276 e. The summed E-state index contributed by atoms with van der Waals surface area (Å²) in [6.07, 6.45) is 1.11. The number of carbonyl (C=O) groups excluding carboxylic acids is 1. The molecule has 1 fully saturated rings. The van der Waals surface area contributed by atoms with Crippen LogP contribution in [0.15, 0.2) is 15.2 Å². The van der Waals surface area contributed by atoms with Gasteiger partial charge in [0.05, 0.1) is 6.54 Å². The fraction of sp³-hybridized carbons (Fsp3) is 0.538. The van der Waals surface area contributed by atoms with Crippen molar-refractivity contribution in [3.63, 3.8) is 0 Å². The van der Waals surface area contributed by atoms with Crippen molar-refractivity contribution in [3.05, 3.63) is 29.6 Å². The van der Waals surface area contributed by atoms with Crippen LogP contribution in [0.1, 0.15) is 47.5 Å². The fourth-order valence-corrected chi connectivity index (χ4v) is 2.41. The molecule has 2 aromatic heterocycles. The standard InChI is InChI=1S/C13H14F2N4O3/c1-3-10-17-11(22-18-10)9-4-13(14,15)6-19(9)12(20)8-5-21-7(2)16-8/h5,9H,3-4,6H2,1-2H3/t9-/m0/s1. The molecular weight excluding hydrogens is 298 g/mol. The van der Waals surface area contributed by atoms with E-state index in [-0.39, 0.29) is 17.5 Å². The van der Waals surface area contributed by atoms with Crippen molar-refractivity contribution >= 4 is 5.91 Å². The van der Waals surface area contributed by atoms with E-state index in [1.807, 2.05) is 6.92 Å². The fourth-order valence-electron chi connectivity index (χ4n) is 2.41. The van der Waals surface area contributed by atoms with Crippen molar-refractivity contribution in [1.29, 1.82) is 0 Å². The number of aryl methyl sites for hydroxylation is 2. The molecule has 1 amide bonds. The Bertz CT molecular complexity index is 697. The lowest BCUT2D eigenvalue weighted by atomic mass is 10.2. The minimum atomic E-state index is -3.01. The molecule has 118 valence electrons. The summed E-state index contributed by atoms with van der Waals surface area (Å²) < 4.78 is 37.5. The van der Waals surface area contributed by atoms with Gasteiger partial charge in [0.1, 0.15) is 12.3 Å². The number of hydrogen-bond donors (Lipinski definition) is 0. The molecule has 3 heterocycles. The average molecular weight is 312 g/mol. The molecule has 1 aliphatic rings. The van der Waals surface area contributed by atoms with Crippen LogP contribution in [-0.2, 0) is 6.42 Å². The van der Waals surface area contributed by atoms with Crippen LogP contribution in [0.4, 0.5) is 8.78 Å². The Morgan fingerprint density at radius 2 is 2.27 bits per heavy atom. The van der Waals surface area contributed by atoms with Gasteiger partial charge in [0.25, 0.3) is 11.8 Å². The van der Waals surface area contributed by atoms with Crippen molar-refractivity contribution in [2.24, 2.45) is 0 Å². The van der Waals surface area contributed by atoms with Crippen LogP contribution in [0.25, 0.3) is 0 Å². The van der Waals surface area contributed by atoms with Crippen LogP contribution in [0.2, 0.25) is 0 Å². The first kappa shape index (κ1) is 14.6. The van der Waals surface area contributed by atoms with Gasteiger partial charge in [0.2, 0.25) is 5.89 Å². The third-order valence-electron chi connectivity index (χ3n) is 3.45. The van der Waals surface area contributed by atoms with Crippen molar-refractivity contribution < 1.29 is 22.5 Å². The molecule has 3 rings (SSSR count). The maximum atomic E-state index is 13.8. The zero-order valence-electron chi connectivity index (χ0n) is 12.0. The summed E-state index contributed by atoms with van der Waals surface area (Å²) in [5.74, 6) is -2.94. The Hall–Kier alpha value is -2.32. The number of amides is 1. The number of alkyl halides is 2. The van der Waals surface area contributed by atoms with Gasteiger partial charge in [-0.05, 0) is 0 Å². The molecule has 0 saturated carbocycles. The third-order valence-corrected chi connectivity index (χ3v) is 3.45. The van der Waals surface area contributed by atoms with Crippen LogP contribution in [0.5, 0.6) is 0 Å². The second-order valence-electron chi connectivity index (χ2n) is 5.16. The van der Waals surface area contributed by atoms with Crippen molar-refractivity contribution in [1.82, 2.24) is 20.0 Å². The lowest BCUT2D eigenvalue weighted by molar-refractivity contribution is 0.0116. The van der Waals surface area contributed by atoms with E-state index in [0.717, 1.165) is 11.2 Å². The normalized spacial score (nSPS) is 20.5. The molecule has 22 heavy (non-hydrogen) atoms. The number of aromatic nitrogens is 3. The summed E-state index contributed by atoms with van der Waals surface area (Å²) in [5.41, 5.74) is -0.0181. The molecule has 0 aliphatic carbocycles. The van der Waals surface area contributed by atoms with Crippen LogP contribution >= 0.6 is 0 Å². The molecule has 0 bridgehead atoms. The lowest BCUT2D eigenvalue weighted by Gasteiger charge is -2.19. The van der Waals surface area contributed by atoms with E-state index in [2.05, 4.69) is 15.1 Å². The highest BCUT2D eigenvalue weighted by Gasteiger charge is 2.50. The Balaban J connectivity index is 1.91. The van der Waals surface area contributed by atoms with Crippen LogP contribution in [-0.4, -0.2) is 38.4 Å². The minimum absolute atomic E-state index is 0.0163. The summed E-state index contributed by atoms with van der Waals surface area (Å²) in [7, 11) is 0. The van der Waals surface area contributed by atoms with E-state index >= 15 is 0 Å². The van der Waals surface area contributed by atoms with Crippen molar-refractivity contribution in [2.45, 2.75) is 38.7 Å². The highest BCUT2D eigenvalue weighted by atomic mass is 19.3.